The van der Waals surface area contributed by atoms with E-state index in [4.69, 9.17) is 0 Å². The number of allylic oxidation sites excluding steroid dienone is 1. The lowest BCUT2D eigenvalue weighted by atomic mass is 10.1. The SMILES string of the molecule is CC1=CC(C(F)(F)F)NN1c1nc(Nc2cc(C)ccc2F)ncc1-c1cncc(C(=O)O)c1. The average molecular weight is 474 g/mol. The first kappa shape index (κ1) is 23.1. The van der Waals surface area contributed by atoms with Gasteiger partial charge < -0.3 is 10.4 Å². The molecule has 3 aromatic rings. The van der Waals surface area contributed by atoms with E-state index in [1.165, 1.54) is 37.5 Å². The van der Waals surface area contributed by atoms with Crippen LogP contribution in [0.1, 0.15) is 22.8 Å². The molecule has 0 saturated heterocycles. The highest BCUT2D eigenvalue weighted by molar-refractivity contribution is 5.90. The maximum Gasteiger partial charge on any atom is 0.409 e. The molecule has 0 radical (unpaired) electrons. The molecule has 8 nitrogen and oxygen atoms in total. The summed E-state index contributed by atoms with van der Waals surface area (Å²) in [5.74, 6) is -1.87. The zero-order valence-corrected chi connectivity index (χ0v) is 17.9. The maximum absolute atomic E-state index is 14.2. The van der Waals surface area contributed by atoms with E-state index in [0.29, 0.717) is 0 Å². The van der Waals surface area contributed by atoms with Crippen molar-refractivity contribution in [2.24, 2.45) is 0 Å². The summed E-state index contributed by atoms with van der Waals surface area (Å²) in [6.45, 7) is 3.23. The van der Waals surface area contributed by atoms with Crippen LogP contribution in [0.15, 0.2) is 54.6 Å². The Bertz CT molecular complexity index is 1290. The van der Waals surface area contributed by atoms with Gasteiger partial charge in [-0.3, -0.25) is 9.99 Å². The number of hydrazine groups is 1. The fourth-order valence-electron chi connectivity index (χ4n) is 3.36. The topological polar surface area (TPSA) is 103 Å². The Kier molecular flexibility index (Phi) is 5.92. The van der Waals surface area contributed by atoms with Crippen LogP contribution in [0.2, 0.25) is 0 Å². The molecule has 1 aromatic carbocycles. The Morgan fingerprint density at radius 2 is 1.94 bits per heavy atom. The molecule has 3 N–H and O–H groups in total. The molecular formula is C22H18F4N6O2. The van der Waals surface area contributed by atoms with Crippen LogP contribution in [0, 0.1) is 12.7 Å². The van der Waals surface area contributed by atoms with Crippen LogP contribution >= 0.6 is 0 Å². The van der Waals surface area contributed by atoms with E-state index >= 15 is 0 Å². The highest BCUT2D eigenvalue weighted by Gasteiger charge is 2.43. The number of rotatable bonds is 5. The lowest BCUT2D eigenvalue weighted by Gasteiger charge is -2.25. The largest absolute Gasteiger partial charge is 0.478 e. The highest BCUT2D eigenvalue weighted by atomic mass is 19.4. The van der Waals surface area contributed by atoms with E-state index in [-0.39, 0.29) is 39.8 Å². The predicted molar refractivity (Wildman–Crippen MR) is 116 cm³/mol. The third-order valence-corrected chi connectivity index (χ3v) is 5.03. The van der Waals surface area contributed by atoms with Crippen molar-refractivity contribution in [3.63, 3.8) is 0 Å². The Morgan fingerprint density at radius 3 is 2.62 bits per heavy atom. The number of alkyl halides is 3. The van der Waals surface area contributed by atoms with E-state index in [0.717, 1.165) is 22.8 Å². The molecule has 2 aromatic heterocycles. The van der Waals surface area contributed by atoms with E-state index in [1.807, 2.05) is 0 Å². The Balaban J connectivity index is 1.81. The summed E-state index contributed by atoms with van der Waals surface area (Å²) in [6.07, 6.45) is 0.224. The van der Waals surface area contributed by atoms with Gasteiger partial charge in [-0.25, -0.2) is 19.6 Å². The minimum absolute atomic E-state index is 0.00426. The van der Waals surface area contributed by atoms with Gasteiger partial charge in [0.1, 0.15) is 11.9 Å². The van der Waals surface area contributed by atoms with Crippen LogP contribution in [0.5, 0.6) is 0 Å². The number of anilines is 3. The first-order valence-corrected chi connectivity index (χ1v) is 9.93. The Labute approximate surface area is 191 Å². The molecule has 1 unspecified atom stereocenters. The monoisotopic (exact) mass is 474 g/mol. The lowest BCUT2D eigenvalue weighted by molar-refractivity contribution is -0.142. The van der Waals surface area contributed by atoms with Crippen molar-refractivity contribution < 1.29 is 27.5 Å². The fraction of sp³-hybridized carbons (Fsp3) is 0.182. The molecule has 1 atom stereocenters. The minimum Gasteiger partial charge on any atom is -0.478 e. The third-order valence-electron chi connectivity index (χ3n) is 5.03. The van der Waals surface area contributed by atoms with Gasteiger partial charge in [0.2, 0.25) is 5.95 Å². The maximum atomic E-state index is 14.2. The Hall–Kier alpha value is -4.06. The number of carboxylic acid groups (broad SMARTS) is 1. The summed E-state index contributed by atoms with van der Waals surface area (Å²) < 4.78 is 54.3. The van der Waals surface area contributed by atoms with Gasteiger partial charge in [0.05, 0.1) is 11.3 Å². The van der Waals surface area contributed by atoms with Gasteiger partial charge in [0.15, 0.2) is 5.82 Å². The summed E-state index contributed by atoms with van der Waals surface area (Å²) in [5.41, 5.74) is 3.77. The first-order valence-electron chi connectivity index (χ1n) is 9.93. The van der Waals surface area contributed by atoms with Gasteiger partial charge >= 0.3 is 12.1 Å². The van der Waals surface area contributed by atoms with Gasteiger partial charge in [-0.2, -0.15) is 18.2 Å². The molecule has 3 heterocycles. The molecule has 0 spiro atoms. The van der Waals surface area contributed by atoms with Gasteiger partial charge in [-0.1, -0.05) is 6.07 Å². The number of aromatic nitrogens is 3. The van der Waals surface area contributed by atoms with Crippen LogP contribution in [0.4, 0.5) is 35.0 Å². The molecule has 1 aliphatic heterocycles. The van der Waals surface area contributed by atoms with Gasteiger partial charge in [0, 0.05) is 35.4 Å². The van der Waals surface area contributed by atoms with Crippen molar-refractivity contribution in [1.82, 2.24) is 20.4 Å². The van der Waals surface area contributed by atoms with Gasteiger partial charge in [-0.15, -0.1) is 0 Å². The number of carboxylic acids is 1. The standard InChI is InChI=1S/C22H18F4N6O2/c1-11-3-4-16(23)17(5-11)29-21-28-10-15(13-7-14(20(33)34)9-27-8-13)19(30-21)32-12(2)6-18(31-32)22(24,25)26/h3-10,18,31H,1-2H3,(H,33,34)(H,28,29,30). The summed E-state index contributed by atoms with van der Waals surface area (Å²) in [7, 11) is 0. The van der Waals surface area contributed by atoms with Crippen molar-refractivity contribution >= 4 is 23.4 Å². The lowest BCUT2D eigenvalue weighted by Crippen LogP contribution is -2.45. The highest BCUT2D eigenvalue weighted by Crippen LogP contribution is 2.35. The summed E-state index contributed by atoms with van der Waals surface area (Å²) in [5, 5.41) is 13.2. The summed E-state index contributed by atoms with van der Waals surface area (Å²) >= 11 is 0. The number of halogens is 4. The second-order valence-corrected chi connectivity index (χ2v) is 7.60. The van der Waals surface area contributed by atoms with Crippen molar-refractivity contribution in [1.29, 1.82) is 0 Å². The van der Waals surface area contributed by atoms with Crippen LogP contribution in [-0.4, -0.2) is 38.2 Å². The number of aromatic carboxylic acids is 1. The molecular weight excluding hydrogens is 456 g/mol. The second kappa shape index (κ2) is 8.71. The van der Waals surface area contributed by atoms with Crippen molar-refractivity contribution in [2.45, 2.75) is 26.1 Å². The van der Waals surface area contributed by atoms with Crippen molar-refractivity contribution in [3.05, 3.63) is 71.6 Å². The quantitative estimate of drug-likeness (QED) is 0.462. The van der Waals surface area contributed by atoms with Crippen molar-refractivity contribution in [2.75, 3.05) is 10.3 Å². The van der Waals surface area contributed by atoms with E-state index in [2.05, 4.69) is 25.7 Å². The first-order chi connectivity index (χ1) is 16.0. The molecule has 0 bridgehead atoms. The fourth-order valence-corrected chi connectivity index (χ4v) is 3.36. The van der Waals surface area contributed by atoms with Crippen LogP contribution in [0.25, 0.3) is 11.1 Å². The molecule has 0 aliphatic carbocycles. The van der Waals surface area contributed by atoms with E-state index in [1.54, 1.807) is 13.0 Å². The number of hydrogen-bond acceptors (Lipinski definition) is 7. The molecule has 0 fully saturated rings. The smallest absolute Gasteiger partial charge is 0.409 e. The normalized spacial score (nSPS) is 15.9. The second-order valence-electron chi connectivity index (χ2n) is 7.60. The average Bonchev–Trinajstić information content (AvgIpc) is 3.18. The number of aryl methyl sites for hydroxylation is 1. The zero-order valence-electron chi connectivity index (χ0n) is 17.9. The summed E-state index contributed by atoms with van der Waals surface area (Å²) in [4.78, 5) is 23.8. The zero-order chi connectivity index (χ0) is 24.6. The number of nitrogens with zero attached hydrogens (tertiary/aromatic N) is 4. The van der Waals surface area contributed by atoms with Crippen LogP contribution in [-0.2, 0) is 0 Å². The summed E-state index contributed by atoms with van der Waals surface area (Å²) in [6, 6.07) is 3.73. The van der Waals surface area contributed by atoms with Gasteiger partial charge in [0.25, 0.3) is 0 Å². The molecule has 1 aliphatic rings. The number of carbonyl (C=O) groups is 1. The number of benzene rings is 1. The van der Waals surface area contributed by atoms with Crippen LogP contribution < -0.4 is 15.8 Å². The van der Waals surface area contributed by atoms with Crippen LogP contribution in [0.3, 0.4) is 0 Å². The molecule has 12 heteroatoms. The minimum atomic E-state index is -4.56. The molecule has 0 amide bonds. The van der Waals surface area contributed by atoms with E-state index in [9.17, 15) is 27.5 Å². The van der Waals surface area contributed by atoms with Gasteiger partial charge in [-0.05, 0) is 43.7 Å². The number of nitrogens with one attached hydrogen (secondary N) is 2. The molecule has 4 rings (SSSR count). The predicted octanol–water partition coefficient (Wildman–Crippen LogP) is 4.59. The third kappa shape index (κ3) is 4.66. The Morgan fingerprint density at radius 1 is 1.18 bits per heavy atom. The molecule has 34 heavy (non-hydrogen) atoms. The molecule has 176 valence electrons. The number of pyridine rings is 1. The molecule has 0 saturated carbocycles. The van der Waals surface area contributed by atoms with Crippen molar-refractivity contribution in [3.8, 4) is 11.1 Å². The number of hydrogen-bond donors (Lipinski definition) is 3. The van der Waals surface area contributed by atoms with E-state index < -0.39 is 24.0 Å².